The van der Waals surface area contributed by atoms with Gasteiger partial charge in [-0.15, -0.1) is 11.8 Å². The average Bonchev–Trinajstić information content (AvgIpc) is 2.72. The minimum Gasteiger partial charge on any atom is -0.480 e. The molecule has 0 aliphatic rings. The molecule has 0 heterocycles. The molecule has 1 unspecified atom stereocenters. The number of carbonyl (C=O) groups excluding carboxylic acids is 1. The molecule has 176 valence electrons. The molecule has 0 bridgehead atoms. The monoisotopic (exact) mass is 473 g/mol. The quantitative estimate of drug-likeness (QED) is 0.167. The number of thioether (sulfide) groups is 1. The third-order valence-electron chi connectivity index (χ3n) is 4.98. The fourth-order valence-corrected chi connectivity index (χ4v) is 4.52. The van der Waals surface area contributed by atoms with Crippen LogP contribution in [-0.2, 0) is 19.7 Å². The van der Waals surface area contributed by atoms with Crippen molar-refractivity contribution >= 4 is 33.8 Å². The fourth-order valence-electron chi connectivity index (χ4n) is 3.13. The Labute approximate surface area is 190 Å². The number of amides is 1. The molecule has 0 aliphatic heterocycles. The average molecular weight is 474 g/mol. The zero-order valence-corrected chi connectivity index (χ0v) is 19.8. The maximum atomic E-state index is 11.7. The summed E-state index contributed by atoms with van der Waals surface area (Å²) >= 11 is 1.68. The molecule has 0 saturated carbocycles. The number of nitrogens with one attached hydrogen (secondary N) is 1. The highest BCUT2D eigenvalue weighted by molar-refractivity contribution is 7.99. The van der Waals surface area contributed by atoms with E-state index in [-0.39, 0.29) is 10.8 Å². The van der Waals surface area contributed by atoms with Crippen LogP contribution in [0.4, 0.5) is 0 Å². The molecule has 0 aliphatic carbocycles. The van der Waals surface area contributed by atoms with Crippen LogP contribution < -0.4 is 5.32 Å². The first kappa shape index (κ1) is 27.5. The first-order chi connectivity index (χ1) is 14.7. The van der Waals surface area contributed by atoms with Gasteiger partial charge in [-0.3, -0.25) is 9.35 Å². The number of carbonyl (C=O) groups is 2. The second-order valence-corrected chi connectivity index (χ2v) is 10.2. The third-order valence-corrected chi connectivity index (χ3v) is 6.95. The van der Waals surface area contributed by atoms with E-state index >= 15 is 0 Å². The van der Waals surface area contributed by atoms with Gasteiger partial charge in [-0.25, -0.2) is 4.79 Å². The second-order valence-electron chi connectivity index (χ2n) is 7.59. The summed E-state index contributed by atoms with van der Waals surface area (Å²) in [5, 5.41) is 11.5. The summed E-state index contributed by atoms with van der Waals surface area (Å²) in [6, 6.07) is 5.48. The summed E-state index contributed by atoms with van der Waals surface area (Å²) in [6.07, 6.45) is 10.7. The molecule has 0 saturated heterocycles. The maximum absolute atomic E-state index is 11.7. The summed E-state index contributed by atoms with van der Waals surface area (Å²) in [6.45, 7) is 1.74. The van der Waals surface area contributed by atoms with Crippen LogP contribution in [0.25, 0.3) is 0 Å². The van der Waals surface area contributed by atoms with E-state index in [1.165, 1.54) is 37.8 Å². The molecule has 7 nitrogen and oxygen atoms in total. The van der Waals surface area contributed by atoms with Gasteiger partial charge in [0.05, 0.1) is 4.90 Å². The largest absolute Gasteiger partial charge is 0.480 e. The molecular formula is C22H35NO6S2. The summed E-state index contributed by atoms with van der Waals surface area (Å²) < 4.78 is 31.0. The van der Waals surface area contributed by atoms with Crippen LogP contribution in [0.2, 0.25) is 0 Å². The van der Waals surface area contributed by atoms with Gasteiger partial charge >= 0.3 is 5.97 Å². The van der Waals surface area contributed by atoms with Crippen molar-refractivity contribution in [1.82, 2.24) is 5.32 Å². The maximum Gasteiger partial charge on any atom is 0.326 e. The topological polar surface area (TPSA) is 121 Å². The fraction of sp³-hybridized carbons (Fsp3) is 0.636. The summed E-state index contributed by atoms with van der Waals surface area (Å²) in [5.41, 5.74) is 0. The number of hydrogen-bond donors (Lipinski definition) is 3. The van der Waals surface area contributed by atoms with Gasteiger partial charge in [-0.1, -0.05) is 51.9 Å². The zero-order chi connectivity index (χ0) is 23.1. The molecule has 1 aromatic rings. The lowest BCUT2D eigenvalue weighted by atomic mass is 10.1. The number of aliphatic carboxylic acids is 1. The highest BCUT2D eigenvalue weighted by Crippen LogP contribution is 2.22. The van der Waals surface area contributed by atoms with Gasteiger partial charge in [0.15, 0.2) is 0 Å². The van der Waals surface area contributed by atoms with Crippen molar-refractivity contribution < 1.29 is 27.7 Å². The van der Waals surface area contributed by atoms with Crippen molar-refractivity contribution in [2.75, 3.05) is 5.75 Å². The number of carboxylic acid groups (broad SMARTS) is 1. The summed E-state index contributed by atoms with van der Waals surface area (Å²) in [7, 11) is -4.12. The Bertz CT molecular complexity index is 765. The Morgan fingerprint density at radius 3 is 1.94 bits per heavy atom. The van der Waals surface area contributed by atoms with Gasteiger partial charge in [-0.2, -0.15) is 8.42 Å². The normalized spacial score (nSPS) is 12.5. The Balaban J connectivity index is 1.95. The number of carboxylic acids is 1. The van der Waals surface area contributed by atoms with E-state index in [9.17, 15) is 18.0 Å². The Kier molecular flexibility index (Phi) is 13.5. The molecule has 31 heavy (non-hydrogen) atoms. The minimum absolute atomic E-state index is 0.0802. The molecule has 9 heteroatoms. The molecule has 3 N–H and O–H groups in total. The van der Waals surface area contributed by atoms with E-state index in [4.69, 9.17) is 9.66 Å². The Morgan fingerprint density at radius 1 is 0.935 bits per heavy atom. The molecule has 1 amide bonds. The minimum atomic E-state index is -4.12. The Hall–Kier alpha value is -1.58. The molecule has 0 aromatic heterocycles. The van der Waals surface area contributed by atoms with Crippen LogP contribution in [0, 0.1) is 0 Å². The molecule has 0 radical (unpaired) electrons. The van der Waals surface area contributed by atoms with E-state index in [2.05, 4.69) is 5.32 Å². The van der Waals surface area contributed by atoms with Gasteiger partial charge in [0, 0.05) is 11.3 Å². The van der Waals surface area contributed by atoms with Gasteiger partial charge in [0.2, 0.25) is 5.91 Å². The van der Waals surface area contributed by atoms with Gasteiger partial charge in [0.1, 0.15) is 6.04 Å². The lowest BCUT2D eigenvalue weighted by molar-refractivity contribution is -0.141. The van der Waals surface area contributed by atoms with Crippen LogP contribution in [0.5, 0.6) is 0 Å². The smallest absolute Gasteiger partial charge is 0.326 e. The van der Waals surface area contributed by atoms with Crippen molar-refractivity contribution in [3.05, 3.63) is 24.3 Å². The third kappa shape index (κ3) is 12.8. The van der Waals surface area contributed by atoms with E-state index in [1.807, 2.05) is 0 Å². The zero-order valence-electron chi connectivity index (χ0n) is 18.2. The van der Waals surface area contributed by atoms with Gasteiger partial charge in [0.25, 0.3) is 10.1 Å². The van der Waals surface area contributed by atoms with Crippen LogP contribution in [0.3, 0.4) is 0 Å². The highest BCUT2D eigenvalue weighted by Gasteiger charge is 2.16. The molecule has 1 atom stereocenters. The van der Waals surface area contributed by atoms with Crippen LogP contribution in [0.1, 0.15) is 77.6 Å². The molecule has 0 spiro atoms. The van der Waals surface area contributed by atoms with Crippen molar-refractivity contribution in [2.24, 2.45) is 0 Å². The predicted molar refractivity (Wildman–Crippen MR) is 123 cm³/mol. The first-order valence-electron chi connectivity index (χ1n) is 11.0. The lowest BCUT2D eigenvalue weighted by Gasteiger charge is -2.11. The van der Waals surface area contributed by atoms with Crippen molar-refractivity contribution in [1.29, 1.82) is 0 Å². The lowest BCUT2D eigenvalue weighted by Crippen LogP contribution is -2.40. The highest BCUT2D eigenvalue weighted by atomic mass is 32.2. The standard InChI is InChI=1S/C22H35NO6S2/c1-2-20(22(25)26)23-21(24)12-10-8-6-4-3-5-7-9-11-17-30-18-13-15-19(16-14-18)31(27,28)29/h13-16,20H,2-12,17H2,1H3,(H,23,24)(H,25,26)(H,27,28,29). The number of rotatable bonds is 17. The molecule has 0 fully saturated rings. The van der Waals surface area contributed by atoms with Gasteiger partial charge < -0.3 is 10.4 Å². The Morgan fingerprint density at radius 2 is 1.45 bits per heavy atom. The van der Waals surface area contributed by atoms with Gasteiger partial charge in [-0.05, 0) is 49.3 Å². The van der Waals surface area contributed by atoms with Crippen molar-refractivity contribution in [2.45, 2.75) is 93.4 Å². The van der Waals surface area contributed by atoms with Crippen molar-refractivity contribution in [3.8, 4) is 0 Å². The first-order valence-corrected chi connectivity index (χ1v) is 13.4. The number of benzene rings is 1. The van der Waals surface area contributed by atoms with Crippen LogP contribution in [-0.4, -0.2) is 41.7 Å². The van der Waals surface area contributed by atoms with E-state index in [0.29, 0.717) is 12.8 Å². The molecule has 1 aromatic carbocycles. The predicted octanol–water partition coefficient (Wildman–Crippen LogP) is 4.91. The SMILES string of the molecule is CCC(NC(=O)CCCCCCCCCCCSc1ccc(S(=O)(=O)O)cc1)C(=O)O. The number of hydrogen-bond acceptors (Lipinski definition) is 5. The number of unbranched alkanes of at least 4 members (excludes halogenated alkanes) is 8. The molecular weight excluding hydrogens is 438 g/mol. The summed E-state index contributed by atoms with van der Waals surface area (Å²) in [5.74, 6) is -0.182. The van der Waals surface area contributed by atoms with E-state index in [1.54, 1.807) is 30.8 Å². The van der Waals surface area contributed by atoms with Crippen LogP contribution >= 0.6 is 11.8 Å². The van der Waals surface area contributed by atoms with Crippen molar-refractivity contribution in [3.63, 3.8) is 0 Å². The van der Waals surface area contributed by atoms with E-state index in [0.717, 1.165) is 42.8 Å². The van der Waals surface area contributed by atoms with Crippen LogP contribution in [0.15, 0.2) is 34.1 Å². The van der Waals surface area contributed by atoms with E-state index < -0.39 is 22.1 Å². The second kappa shape index (κ2) is 15.3. The summed E-state index contributed by atoms with van der Waals surface area (Å²) in [4.78, 5) is 23.5. The molecule has 1 rings (SSSR count).